The number of amides is 2. The van der Waals surface area contributed by atoms with E-state index in [2.05, 4.69) is 46.7 Å². The van der Waals surface area contributed by atoms with Gasteiger partial charge in [-0.15, -0.1) is 0 Å². The minimum Gasteiger partial charge on any atom is -0.347 e. The summed E-state index contributed by atoms with van der Waals surface area (Å²) in [5.74, 6) is -0.273. The van der Waals surface area contributed by atoms with Crippen LogP contribution in [-0.4, -0.2) is 35.3 Å². The second-order valence-corrected chi connectivity index (χ2v) is 9.30. The molecular formula is C25H33N3O2. The topological polar surface area (TPSA) is 61.4 Å². The third-order valence-electron chi connectivity index (χ3n) is 5.28. The number of nitrogens with zero attached hydrogens (tertiary/aromatic N) is 1. The molecule has 2 N–H and O–H groups in total. The van der Waals surface area contributed by atoms with Gasteiger partial charge in [0.25, 0.3) is 5.91 Å². The summed E-state index contributed by atoms with van der Waals surface area (Å²) in [4.78, 5) is 28.0. The molecule has 1 atom stereocenters. The van der Waals surface area contributed by atoms with E-state index in [1.165, 1.54) is 11.1 Å². The Balaban J connectivity index is 1.65. The molecule has 3 rings (SSSR count). The van der Waals surface area contributed by atoms with Gasteiger partial charge in [-0.3, -0.25) is 14.5 Å². The standard InChI is InChI=1S/C25H33N3O2/c1-18-9-7-10-19(15-18)16-28-14-8-11-20(17-28)23(29)26-22-13-6-5-12-21(22)24(30)27-25(2,3)4/h5-7,9-10,12-13,15,20H,8,11,14,16-17H2,1-4H3,(H,26,29)(H,27,30). The quantitative estimate of drug-likeness (QED) is 0.773. The lowest BCUT2D eigenvalue weighted by atomic mass is 9.96. The van der Waals surface area contributed by atoms with Crippen molar-refractivity contribution < 1.29 is 9.59 Å². The van der Waals surface area contributed by atoms with Crippen LogP contribution in [0.1, 0.15) is 55.1 Å². The minimum atomic E-state index is -0.339. The zero-order valence-corrected chi connectivity index (χ0v) is 18.5. The van der Waals surface area contributed by atoms with Crippen molar-refractivity contribution in [2.45, 2.75) is 52.6 Å². The molecule has 2 aromatic carbocycles. The van der Waals surface area contributed by atoms with Crippen molar-refractivity contribution in [2.75, 3.05) is 18.4 Å². The smallest absolute Gasteiger partial charge is 0.253 e. The van der Waals surface area contributed by atoms with E-state index in [4.69, 9.17) is 0 Å². The highest BCUT2D eigenvalue weighted by Gasteiger charge is 2.27. The zero-order chi connectivity index (χ0) is 21.7. The third-order valence-corrected chi connectivity index (χ3v) is 5.28. The fraction of sp³-hybridized carbons (Fsp3) is 0.440. The summed E-state index contributed by atoms with van der Waals surface area (Å²) in [6.07, 6.45) is 1.86. The summed E-state index contributed by atoms with van der Waals surface area (Å²) in [6, 6.07) is 15.7. The Labute approximate surface area is 179 Å². The molecular weight excluding hydrogens is 374 g/mol. The van der Waals surface area contributed by atoms with Crippen molar-refractivity contribution in [2.24, 2.45) is 5.92 Å². The van der Waals surface area contributed by atoms with Gasteiger partial charge in [-0.25, -0.2) is 0 Å². The van der Waals surface area contributed by atoms with Gasteiger partial charge in [-0.2, -0.15) is 0 Å². The summed E-state index contributed by atoms with van der Waals surface area (Å²) < 4.78 is 0. The Hall–Kier alpha value is -2.66. The van der Waals surface area contributed by atoms with Gasteiger partial charge < -0.3 is 10.6 Å². The highest BCUT2D eigenvalue weighted by atomic mass is 16.2. The summed E-state index contributed by atoms with van der Waals surface area (Å²) in [5.41, 5.74) is 3.26. The van der Waals surface area contributed by atoms with Crippen LogP contribution in [-0.2, 0) is 11.3 Å². The summed E-state index contributed by atoms with van der Waals surface area (Å²) >= 11 is 0. The first-order chi connectivity index (χ1) is 14.2. The molecule has 5 nitrogen and oxygen atoms in total. The van der Waals surface area contributed by atoms with E-state index < -0.39 is 0 Å². The molecule has 2 aromatic rings. The molecule has 0 spiro atoms. The number of carbonyl (C=O) groups is 2. The monoisotopic (exact) mass is 407 g/mol. The van der Waals surface area contributed by atoms with Crippen LogP contribution < -0.4 is 10.6 Å². The Bertz CT molecular complexity index is 901. The number of benzene rings is 2. The molecule has 30 heavy (non-hydrogen) atoms. The number of hydrogen-bond donors (Lipinski definition) is 2. The van der Waals surface area contributed by atoms with Gasteiger partial charge in [0.2, 0.25) is 5.91 Å². The van der Waals surface area contributed by atoms with E-state index in [0.29, 0.717) is 11.3 Å². The van der Waals surface area contributed by atoms with Gasteiger partial charge in [-0.1, -0.05) is 42.0 Å². The first-order valence-corrected chi connectivity index (χ1v) is 10.7. The molecule has 1 aliphatic heterocycles. The average Bonchev–Trinajstić information content (AvgIpc) is 2.67. The number of nitrogens with one attached hydrogen (secondary N) is 2. The molecule has 1 heterocycles. The molecule has 0 aromatic heterocycles. The fourth-order valence-electron chi connectivity index (χ4n) is 3.91. The van der Waals surface area contributed by atoms with Gasteiger partial charge in [0.15, 0.2) is 0 Å². The predicted molar refractivity (Wildman–Crippen MR) is 121 cm³/mol. The number of hydrogen-bond acceptors (Lipinski definition) is 3. The largest absolute Gasteiger partial charge is 0.347 e. The van der Waals surface area contributed by atoms with Crippen LogP contribution in [0.4, 0.5) is 5.69 Å². The maximum Gasteiger partial charge on any atom is 0.253 e. The average molecular weight is 408 g/mol. The van der Waals surface area contributed by atoms with Crippen molar-refractivity contribution in [1.82, 2.24) is 10.2 Å². The van der Waals surface area contributed by atoms with Crippen LogP contribution in [0.5, 0.6) is 0 Å². The van der Waals surface area contributed by atoms with Gasteiger partial charge in [0, 0.05) is 18.6 Å². The molecule has 0 bridgehead atoms. The molecule has 0 radical (unpaired) electrons. The van der Waals surface area contributed by atoms with Crippen molar-refractivity contribution in [3.63, 3.8) is 0 Å². The molecule has 1 fully saturated rings. The number of aryl methyl sites for hydroxylation is 1. The number of anilines is 1. The van der Waals surface area contributed by atoms with Crippen LogP contribution >= 0.6 is 0 Å². The highest BCUT2D eigenvalue weighted by molar-refractivity contribution is 6.04. The normalized spacial score (nSPS) is 17.4. The molecule has 0 aliphatic carbocycles. The zero-order valence-electron chi connectivity index (χ0n) is 18.5. The van der Waals surface area contributed by atoms with Crippen molar-refractivity contribution in [3.8, 4) is 0 Å². The maximum absolute atomic E-state index is 13.0. The molecule has 0 saturated carbocycles. The first-order valence-electron chi connectivity index (χ1n) is 10.7. The van der Waals surface area contributed by atoms with Gasteiger partial charge >= 0.3 is 0 Å². The van der Waals surface area contributed by atoms with Crippen LogP contribution in [0.3, 0.4) is 0 Å². The summed E-state index contributed by atoms with van der Waals surface area (Å²) in [5, 5.41) is 5.98. The van der Waals surface area contributed by atoms with Gasteiger partial charge in [0.05, 0.1) is 17.2 Å². The van der Waals surface area contributed by atoms with E-state index in [-0.39, 0.29) is 23.3 Å². The number of rotatable bonds is 5. The summed E-state index contributed by atoms with van der Waals surface area (Å²) in [7, 11) is 0. The molecule has 2 amide bonds. The van der Waals surface area contributed by atoms with Crippen molar-refractivity contribution in [1.29, 1.82) is 0 Å². The van der Waals surface area contributed by atoms with E-state index in [1.807, 2.05) is 32.9 Å². The first kappa shape index (κ1) is 22.0. The lowest BCUT2D eigenvalue weighted by Crippen LogP contribution is -2.42. The van der Waals surface area contributed by atoms with E-state index >= 15 is 0 Å². The Kier molecular flexibility index (Phi) is 6.93. The Morgan fingerprint density at radius 2 is 1.87 bits per heavy atom. The molecule has 1 saturated heterocycles. The number of carbonyl (C=O) groups excluding carboxylic acids is 2. The predicted octanol–water partition coefficient (Wildman–Crippen LogP) is 4.37. The molecule has 1 unspecified atom stereocenters. The number of piperidine rings is 1. The lowest BCUT2D eigenvalue weighted by molar-refractivity contribution is -0.121. The van der Waals surface area contributed by atoms with Gasteiger partial charge in [0.1, 0.15) is 0 Å². The van der Waals surface area contributed by atoms with Crippen LogP contribution in [0.2, 0.25) is 0 Å². The second-order valence-electron chi connectivity index (χ2n) is 9.30. The van der Waals surface area contributed by atoms with Crippen LogP contribution in [0.15, 0.2) is 48.5 Å². The SMILES string of the molecule is Cc1cccc(CN2CCCC(C(=O)Nc3ccccc3C(=O)NC(C)(C)C)C2)c1. The Morgan fingerprint density at radius 3 is 2.60 bits per heavy atom. The van der Waals surface area contributed by atoms with E-state index in [0.717, 1.165) is 32.5 Å². The highest BCUT2D eigenvalue weighted by Crippen LogP contribution is 2.22. The molecule has 160 valence electrons. The van der Waals surface area contributed by atoms with Crippen molar-refractivity contribution in [3.05, 3.63) is 65.2 Å². The van der Waals surface area contributed by atoms with Crippen LogP contribution in [0, 0.1) is 12.8 Å². The maximum atomic E-state index is 13.0. The number of para-hydroxylation sites is 1. The number of likely N-dealkylation sites (tertiary alicyclic amines) is 1. The molecule has 1 aliphatic rings. The summed E-state index contributed by atoms with van der Waals surface area (Å²) in [6.45, 7) is 10.5. The fourth-order valence-corrected chi connectivity index (χ4v) is 3.91. The second kappa shape index (κ2) is 9.43. The minimum absolute atomic E-state index is 0.0139. The van der Waals surface area contributed by atoms with Crippen molar-refractivity contribution >= 4 is 17.5 Å². The van der Waals surface area contributed by atoms with E-state index in [1.54, 1.807) is 12.1 Å². The van der Waals surface area contributed by atoms with Gasteiger partial charge in [-0.05, 0) is 64.8 Å². The molecule has 5 heteroatoms. The lowest BCUT2D eigenvalue weighted by Gasteiger charge is -2.32. The third kappa shape index (κ3) is 6.17. The Morgan fingerprint density at radius 1 is 1.10 bits per heavy atom. The van der Waals surface area contributed by atoms with E-state index in [9.17, 15) is 9.59 Å². The van der Waals surface area contributed by atoms with Crippen LogP contribution in [0.25, 0.3) is 0 Å².